The number of hydrogen-bond acceptors (Lipinski definition) is 3. The predicted molar refractivity (Wildman–Crippen MR) is 94.6 cm³/mol. The van der Waals surface area contributed by atoms with Crippen molar-refractivity contribution in [1.82, 2.24) is 10.2 Å². The highest BCUT2D eigenvalue weighted by atomic mass is 35.5. The fourth-order valence-corrected chi connectivity index (χ4v) is 2.94. The first-order valence-electron chi connectivity index (χ1n) is 7.82. The SMILES string of the molecule is CNCCC1CCN(Cc2ccc(N(C)C)cc2)CC1.Cl. The molecule has 1 heterocycles. The first kappa shape index (κ1) is 18.3. The molecule has 0 spiro atoms. The molecule has 1 aromatic rings. The van der Waals surface area contributed by atoms with E-state index in [2.05, 4.69) is 53.5 Å². The van der Waals surface area contributed by atoms with Gasteiger partial charge in [0.1, 0.15) is 0 Å². The average molecular weight is 312 g/mol. The first-order chi connectivity index (χ1) is 9.69. The second-order valence-corrected chi connectivity index (χ2v) is 6.17. The molecular weight excluding hydrogens is 282 g/mol. The Kier molecular flexibility index (Phi) is 8.09. The molecule has 1 saturated heterocycles. The van der Waals surface area contributed by atoms with Gasteiger partial charge in [-0.05, 0) is 69.6 Å². The van der Waals surface area contributed by atoms with Gasteiger partial charge in [-0.15, -0.1) is 12.4 Å². The van der Waals surface area contributed by atoms with Crippen molar-refractivity contribution in [3.05, 3.63) is 29.8 Å². The van der Waals surface area contributed by atoms with Crippen LogP contribution in [0, 0.1) is 5.92 Å². The van der Waals surface area contributed by atoms with E-state index in [1.54, 1.807) is 0 Å². The molecule has 2 rings (SSSR count). The molecule has 0 amide bonds. The quantitative estimate of drug-likeness (QED) is 0.871. The minimum absolute atomic E-state index is 0. The number of nitrogens with one attached hydrogen (secondary N) is 1. The Labute approximate surface area is 136 Å². The van der Waals surface area contributed by atoms with Crippen LogP contribution in [0.1, 0.15) is 24.8 Å². The van der Waals surface area contributed by atoms with Crippen LogP contribution in [-0.4, -0.2) is 45.7 Å². The molecule has 1 N–H and O–H groups in total. The average Bonchev–Trinajstić information content (AvgIpc) is 2.47. The molecule has 0 bridgehead atoms. The van der Waals surface area contributed by atoms with E-state index in [9.17, 15) is 0 Å². The van der Waals surface area contributed by atoms with Crippen LogP contribution in [0.15, 0.2) is 24.3 Å². The Balaban J connectivity index is 0.00000220. The number of likely N-dealkylation sites (tertiary alicyclic amines) is 1. The number of piperidine rings is 1. The van der Waals surface area contributed by atoms with Gasteiger partial charge in [-0.3, -0.25) is 4.90 Å². The second-order valence-electron chi connectivity index (χ2n) is 6.17. The molecule has 0 aromatic heterocycles. The van der Waals surface area contributed by atoms with Crippen molar-refractivity contribution < 1.29 is 0 Å². The summed E-state index contributed by atoms with van der Waals surface area (Å²) in [5.41, 5.74) is 2.71. The van der Waals surface area contributed by atoms with Crippen molar-refractivity contribution in [2.75, 3.05) is 45.7 Å². The molecule has 1 aromatic carbocycles. The molecule has 0 saturated carbocycles. The van der Waals surface area contributed by atoms with Gasteiger partial charge in [0, 0.05) is 26.3 Å². The zero-order valence-electron chi connectivity index (χ0n) is 13.6. The second kappa shape index (κ2) is 9.29. The maximum Gasteiger partial charge on any atom is 0.0361 e. The minimum Gasteiger partial charge on any atom is -0.378 e. The lowest BCUT2D eigenvalue weighted by Gasteiger charge is -2.32. The monoisotopic (exact) mass is 311 g/mol. The van der Waals surface area contributed by atoms with Gasteiger partial charge in [0.05, 0.1) is 0 Å². The highest BCUT2D eigenvalue weighted by Crippen LogP contribution is 2.22. The Morgan fingerprint density at radius 3 is 2.29 bits per heavy atom. The molecule has 1 fully saturated rings. The van der Waals surface area contributed by atoms with Crippen LogP contribution >= 0.6 is 12.4 Å². The van der Waals surface area contributed by atoms with Crippen molar-refractivity contribution >= 4 is 18.1 Å². The Hall–Kier alpha value is -0.770. The van der Waals surface area contributed by atoms with E-state index >= 15 is 0 Å². The number of hydrogen-bond donors (Lipinski definition) is 1. The number of nitrogens with zero attached hydrogens (tertiary/aromatic N) is 2. The van der Waals surface area contributed by atoms with E-state index < -0.39 is 0 Å². The largest absolute Gasteiger partial charge is 0.378 e. The lowest BCUT2D eigenvalue weighted by atomic mass is 9.93. The van der Waals surface area contributed by atoms with Crippen LogP contribution in [0.4, 0.5) is 5.69 Å². The van der Waals surface area contributed by atoms with Crippen LogP contribution in [-0.2, 0) is 6.54 Å². The van der Waals surface area contributed by atoms with Gasteiger partial charge in [-0.1, -0.05) is 12.1 Å². The van der Waals surface area contributed by atoms with Gasteiger partial charge in [-0.25, -0.2) is 0 Å². The summed E-state index contributed by atoms with van der Waals surface area (Å²) < 4.78 is 0. The third-order valence-electron chi connectivity index (χ3n) is 4.37. The van der Waals surface area contributed by atoms with E-state index in [4.69, 9.17) is 0 Å². The molecule has 0 aliphatic carbocycles. The predicted octanol–water partition coefficient (Wildman–Crippen LogP) is 3.00. The fraction of sp³-hybridized carbons (Fsp3) is 0.647. The van der Waals surface area contributed by atoms with Crippen LogP contribution in [0.5, 0.6) is 0 Å². The standard InChI is InChI=1S/C17H29N3.ClH/c1-18-11-8-15-9-12-20(13-10-15)14-16-4-6-17(7-5-16)19(2)3;/h4-7,15,18H,8-14H2,1-3H3;1H. The number of benzene rings is 1. The van der Waals surface area contributed by atoms with Crippen LogP contribution in [0.2, 0.25) is 0 Å². The Morgan fingerprint density at radius 2 is 1.76 bits per heavy atom. The minimum atomic E-state index is 0. The molecule has 4 heteroatoms. The van der Waals surface area contributed by atoms with Crippen LogP contribution in [0.3, 0.4) is 0 Å². The zero-order valence-corrected chi connectivity index (χ0v) is 14.5. The van der Waals surface area contributed by atoms with Crippen molar-refractivity contribution in [3.8, 4) is 0 Å². The highest BCUT2D eigenvalue weighted by molar-refractivity contribution is 5.85. The number of halogens is 1. The number of rotatable bonds is 6. The van der Waals surface area contributed by atoms with Gasteiger partial charge < -0.3 is 10.2 Å². The van der Waals surface area contributed by atoms with Gasteiger partial charge in [0.25, 0.3) is 0 Å². The maximum absolute atomic E-state index is 3.26. The lowest BCUT2D eigenvalue weighted by molar-refractivity contribution is 0.172. The van der Waals surface area contributed by atoms with Gasteiger partial charge >= 0.3 is 0 Å². The van der Waals surface area contributed by atoms with E-state index in [-0.39, 0.29) is 12.4 Å². The highest BCUT2D eigenvalue weighted by Gasteiger charge is 2.18. The summed E-state index contributed by atoms with van der Waals surface area (Å²) in [7, 11) is 6.22. The normalized spacial score (nSPS) is 16.5. The molecule has 0 unspecified atom stereocenters. The molecule has 120 valence electrons. The topological polar surface area (TPSA) is 18.5 Å². The molecule has 21 heavy (non-hydrogen) atoms. The molecule has 0 atom stereocenters. The van der Waals surface area contributed by atoms with E-state index in [0.717, 1.165) is 19.0 Å². The van der Waals surface area contributed by atoms with Crippen LogP contribution in [0.25, 0.3) is 0 Å². The lowest BCUT2D eigenvalue weighted by Crippen LogP contribution is -2.34. The fourth-order valence-electron chi connectivity index (χ4n) is 2.94. The summed E-state index contributed by atoms with van der Waals surface area (Å²) >= 11 is 0. The summed E-state index contributed by atoms with van der Waals surface area (Å²) in [6.45, 7) is 4.77. The summed E-state index contributed by atoms with van der Waals surface area (Å²) in [4.78, 5) is 4.75. The third-order valence-corrected chi connectivity index (χ3v) is 4.37. The molecule has 0 radical (unpaired) electrons. The number of anilines is 1. The van der Waals surface area contributed by atoms with E-state index in [1.165, 1.54) is 43.6 Å². The van der Waals surface area contributed by atoms with Gasteiger partial charge in [0.15, 0.2) is 0 Å². The summed E-state index contributed by atoms with van der Waals surface area (Å²) in [6, 6.07) is 8.97. The first-order valence-corrected chi connectivity index (χ1v) is 7.82. The summed E-state index contributed by atoms with van der Waals surface area (Å²) in [6.07, 6.45) is 4.05. The van der Waals surface area contributed by atoms with Gasteiger partial charge in [-0.2, -0.15) is 0 Å². The molecular formula is C17H30ClN3. The third kappa shape index (κ3) is 5.85. The van der Waals surface area contributed by atoms with Crippen molar-refractivity contribution in [3.63, 3.8) is 0 Å². The Morgan fingerprint density at radius 1 is 1.14 bits per heavy atom. The van der Waals surface area contributed by atoms with Crippen molar-refractivity contribution in [2.24, 2.45) is 5.92 Å². The molecule has 1 aliphatic rings. The summed E-state index contributed by atoms with van der Waals surface area (Å²) in [5, 5.41) is 3.26. The van der Waals surface area contributed by atoms with E-state index in [1.807, 2.05) is 7.05 Å². The van der Waals surface area contributed by atoms with Crippen LogP contribution < -0.4 is 10.2 Å². The molecule has 3 nitrogen and oxygen atoms in total. The van der Waals surface area contributed by atoms with E-state index in [0.29, 0.717) is 0 Å². The smallest absolute Gasteiger partial charge is 0.0361 e. The molecule has 1 aliphatic heterocycles. The Bertz CT molecular complexity index is 384. The van der Waals surface area contributed by atoms with Crippen molar-refractivity contribution in [1.29, 1.82) is 0 Å². The maximum atomic E-state index is 3.26. The zero-order chi connectivity index (χ0) is 14.4. The summed E-state index contributed by atoms with van der Waals surface area (Å²) in [5.74, 6) is 0.926. The van der Waals surface area contributed by atoms with Crippen molar-refractivity contribution in [2.45, 2.75) is 25.8 Å². The van der Waals surface area contributed by atoms with Gasteiger partial charge in [0.2, 0.25) is 0 Å².